The van der Waals surface area contributed by atoms with E-state index in [9.17, 15) is 9.18 Å². The van der Waals surface area contributed by atoms with E-state index in [-0.39, 0.29) is 17.5 Å². The van der Waals surface area contributed by atoms with Crippen LogP contribution in [0.5, 0.6) is 0 Å². The molecule has 0 saturated carbocycles. The Labute approximate surface area is 101 Å². The summed E-state index contributed by atoms with van der Waals surface area (Å²) in [5, 5.41) is 0. The van der Waals surface area contributed by atoms with Crippen LogP contribution in [0, 0.1) is 11.7 Å². The van der Waals surface area contributed by atoms with Crippen LogP contribution in [-0.2, 0) is 0 Å². The van der Waals surface area contributed by atoms with Crippen LogP contribution in [0.4, 0.5) is 10.1 Å². The van der Waals surface area contributed by atoms with Gasteiger partial charge in [0, 0.05) is 18.8 Å². The van der Waals surface area contributed by atoms with Gasteiger partial charge in [0.15, 0.2) is 0 Å². The molecule has 1 amide bonds. The Morgan fingerprint density at radius 2 is 1.94 bits per heavy atom. The molecule has 94 valence electrons. The molecule has 1 aromatic carbocycles. The van der Waals surface area contributed by atoms with Gasteiger partial charge in [0.2, 0.25) is 0 Å². The number of nitrogen functional groups attached to an aromatic ring is 1. The summed E-state index contributed by atoms with van der Waals surface area (Å²) in [6.45, 7) is 6.02. The van der Waals surface area contributed by atoms with Crippen molar-refractivity contribution in [3.8, 4) is 0 Å². The third-order valence-corrected chi connectivity index (χ3v) is 3.14. The predicted molar refractivity (Wildman–Crippen MR) is 67.2 cm³/mol. The zero-order chi connectivity index (χ0) is 13.2. The number of carbonyl (C=O) groups excluding carboxylic acids is 1. The molecule has 0 fully saturated rings. The van der Waals surface area contributed by atoms with Crippen LogP contribution in [0.1, 0.15) is 31.1 Å². The van der Waals surface area contributed by atoms with Gasteiger partial charge in [-0.3, -0.25) is 4.79 Å². The third kappa shape index (κ3) is 2.96. The van der Waals surface area contributed by atoms with Crippen molar-refractivity contribution in [1.82, 2.24) is 4.90 Å². The third-order valence-electron chi connectivity index (χ3n) is 3.14. The van der Waals surface area contributed by atoms with Gasteiger partial charge in [-0.2, -0.15) is 0 Å². The fourth-order valence-corrected chi connectivity index (χ4v) is 1.54. The number of benzene rings is 1. The van der Waals surface area contributed by atoms with Gasteiger partial charge >= 0.3 is 0 Å². The molecule has 1 rings (SSSR count). The Bertz CT molecular complexity index is 418. The fourth-order valence-electron chi connectivity index (χ4n) is 1.54. The molecule has 1 atom stereocenters. The molecule has 1 aromatic rings. The van der Waals surface area contributed by atoms with Crippen molar-refractivity contribution >= 4 is 11.6 Å². The van der Waals surface area contributed by atoms with Gasteiger partial charge in [0.05, 0.1) is 5.56 Å². The summed E-state index contributed by atoms with van der Waals surface area (Å²) < 4.78 is 13.1. The minimum atomic E-state index is -0.451. The minimum Gasteiger partial charge on any atom is -0.398 e. The summed E-state index contributed by atoms with van der Waals surface area (Å²) in [6.07, 6.45) is 0. The highest BCUT2D eigenvalue weighted by Gasteiger charge is 2.21. The lowest BCUT2D eigenvalue weighted by atomic mass is 10.0. The van der Waals surface area contributed by atoms with Crippen molar-refractivity contribution in [1.29, 1.82) is 0 Å². The van der Waals surface area contributed by atoms with Crippen LogP contribution in [0.3, 0.4) is 0 Å². The zero-order valence-corrected chi connectivity index (χ0v) is 10.7. The van der Waals surface area contributed by atoms with Crippen molar-refractivity contribution in [2.45, 2.75) is 26.8 Å². The molecule has 4 heteroatoms. The average Bonchev–Trinajstić information content (AvgIpc) is 2.29. The molecule has 3 nitrogen and oxygen atoms in total. The normalized spacial score (nSPS) is 12.6. The van der Waals surface area contributed by atoms with Gasteiger partial charge in [-0.1, -0.05) is 13.8 Å². The number of hydrogen-bond acceptors (Lipinski definition) is 2. The standard InChI is InChI=1S/C13H19FN2O/c1-8(2)9(3)16(4)13(17)11-7-10(14)5-6-12(11)15/h5-9H,15H2,1-4H3. The SMILES string of the molecule is CC(C)C(C)N(C)C(=O)c1cc(F)ccc1N. The summed E-state index contributed by atoms with van der Waals surface area (Å²) in [5.41, 5.74) is 6.22. The van der Waals surface area contributed by atoms with Gasteiger partial charge in [0.25, 0.3) is 5.91 Å². The second-order valence-corrected chi connectivity index (χ2v) is 4.63. The largest absolute Gasteiger partial charge is 0.398 e. The maximum atomic E-state index is 13.1. The van der Waals surface area contributed by atoms with E-state index in [2.05, 4.69) is 0 Å². The molecule has 0 bridgehead atoms. The number of carbonyl (C=O) groups is 1. The number of hydrogen-bond donors (Lipinski definition) is 1. The zero-order valence-electron chi connectivity index (χ0n) is 10.7. The van der Waals surface area contributed by atoms with Crippen molar-refractivity contribution in [3.05, 3.63) is 29.6 Å². The lowest BCUT2D eigenvalue weighted by Crippen LogP contribution is -2.38. The summed E-state index contributed by atoms with van der Waals surface area (Å²) in [6, 6.07) is 3.92. The molecule has 0 aliphatic heterocycles. The topological polar surface area (TPSA) is 46.3 Å². The first kappa shape index (κ1) is 13.5. The van der Waals surface area contributed by atoms with Crippen LogP contribution >= 0.6 is 0 Å². The molecule has 0 radical (unpaired) electrons. The summed E-state index contributed by atoms with van der Waals surface area (Å²) in [5.74, 6) is -0.366. The van der Waals surface area contributed by atoms with Crippen LogP contribution in [0.2, 0.25) is 0 Å². The van der Waals surface area contributed by atoms with Crippen molar-refractivity contribution in [2.75, 3.05) is 12.8 Å². The van der Waals surface area contributed by atoms with Crippen molar-refractivity contribution in [3.63, 3.8) is 0 Å². The van der Waals surface area contributed by atoms with E-state index in [1.807, 2.05) is 20.8 Å². The van der Waals surface area contributed by atoms with E-state index in [1.54, 1.807) is 11.9 Å². The molecule has 1 unspecified atom stereocenters. The Morgan fingerprint density at radius 3 is 2.47 bits per heavy atom. The van der Waals surface area contributed by atoms with Gasteiger partial charge in [0.1, 0.15) is 5.82 Å². The van der Waals surface area contributed by atoms with E-state index in [4.69, 9.17) is 5.73 Å². The summed E-state index contributed by atoms with van der Waals surface area (Å²) in [4.78, 5) is 13.7. The number of halogens is 1. The van der Waals surface area contributed by atoms with E-state index >= 15 is 0 Å². The molecule has 2 N–H and O–H groups in total. The quantitative estimate of drug-likeness (QED) is 0.822. The fraction of sp³-hybridized carbons (Fsp3) is 0.462. The predicted octanol–water partition coefficient (Wildman–Crippen LogP) is 2.52. The molecule has 0 heterocycles. The van der Waals surface area contributed by atoms with Gasteiger partial charge in [-0.15, -0.1) is 0 Å². The average molecular weight is 238 g/mol. The maximum absolute atomic E-state index is 13.1. The molecule has 0 spiro atoms. The minimum absolute atomic E-state index is 0.0742. The first-order valence-corrected chi connectivity index (χ1v) is 5.66. The van der Waals surface area contributed by atoms with Crippen LogP contribution in [-0.4, -0.2) is 23.9 Å². The van der Waals surface area contributed by atoms with Gasteiger partial charge in [-0.05, 0) is 31.0 Å². The number of nitrogens with zero attached hydrogens (tertiary/aromatic N) is 1. The van der Waals surface area contributed by atoms with Crippen LogP contribution < -0.4 is 5.73 Å². The van der Waals surface area contributed by atoms with E-state index in [1.165, 1.54) is 18.2 Å². The molecule has 0 saturated heterocycles. The number of rotatable bonds is 3. The first-order chi connectivity index (χ1) is 7.84. The highest BCUT2D eigenvalue weighted by Crippen LogP contribution is 2.18. The Morgan fingerprint density at radius 1 is 1.35 bits per heavy atom. The second kappa shape index (κ2) is 5.17. The van der Waals surface area contributed by atoms with E-state index in [0.29, 0.717) is 11.6 Å². The molecule has 0 aliphatic rings. The van der Waals surface area contributed by atoms with Crippen molar-refractivity contribution in [2.24, 2.45) is 5.92 Å². The highest BCUT2D eigenvalue weighted by molar-refractivity contribution is 5.99. The van der Waals surface area contributed by atoms with Crippen LogP contribution in [0.15, 0.2) is 18.2 Å². The first-order valence-electron chi connectivity index (χ1n) is 5.66. The second-order valence-electron chi connectivity index (χ2n) is 4.63. The number of anilines is 1. The monoisotopic (exact) mass is 238 g/mol. The maximum Gasteiger partial charge on any atom is 0.256 e. The Balaban J connectivity index is 3.00. The van der Waals surface area contributed by atoms with Crippen molar-refractivity contribution < 1.29 is 9.18 Å². The number of amides is 1. The van der Waals surface area contributed by atoms with E-state index in [0.717, 1.165) is 0 Å². The Hall–Kier alpha value is -1.58. The van der Waals surface area contributed by atoms with Gasteiger partial charge < -0.3 is 10.6 Å². The molecular weight excluding hydrogens is 219 g/mol. The molecule has 0 aromatic heterocycles. The lowest BCUT2D eigenvalue weighted by Gasteiger charge is -2.28. The molecular formula is C13H19FN2O. The van der Waals surface area contributed by atoms with Gasteiger partial charge in [-0.25, -0.2) is 4.39 Å². The smallest absolute Gasteiger partial charge is 0.256 e. The lowest BCUT2D eigenvalue weighted by molar-refractivity contribution is 0.0707. The molecule has 17 heavy (non-hydrogen) atoms. The van der Waals surface area contributed by atoms with E-state index < -0.39 is 5.82 Å². The Kier molecular flexibility index (Phi) is 4.10. The summed E-state index contributed by atoms with van der Waals surface area (Å²) >= 11 is 0. The highest BCUT2D eigenvalue weighted by atomic mass is 19.1. The van der Waals surface area contributed by atoms with Crippen LogP contribution in [0.25, 0.3) is 0 Å². The molecule has 0 aliphatic carbocycles. The summed E-state index contributed by atoms with van der Waals surface area (Å²) in [7, 11) is 1.71. The number of nitrogens with two attached hydrogens (primary N) is 1.